The molecule has 3 rings (SSSR count). The van der Waals surface area contributed by atoms with Gasteiger partial charge in [0.25, 0.3) is 0 Å². The van der Waals surface area contributed by atoms with Crippen LogP contribution in [-0.4, -0.2) is 27.3 Å². The minimum absolute atomic E-state index is 0.157. The maximum Gasteiger partial charge on any atom is 0.124 e. The number of ether oxygens (including phenoxy) is 1. The van der Waals surface area contributed by atoms with Gasteiger partial charge in [-0.05, 0) is 32.0 Å². The van der Waals surface area contributed by atoms with Crippen molar-refractivity contribution in [2.45, 2.75) is 33.0 Å². The predicted octanol–water partition coefficient (Wildman–Crippen LogP) is 3.17. The van der Waals surface area contributed by atoms with Crippen molar-refractivity contribution in [3.63, 3.8) is 0 Å². The lowest BCUT2D eigenvalue weighted by atomic mass is 10.1. The second-order valence-corrected chi connectivity index (χ2v) is 6.17. The van der Waals surface area contributed by atoms with Crippen molar-refractivity contribution in [1.82, 2.24) is 14.7 Å². The zero-order valence-electron chi connectivity index (χ0n) is 12.6. The number of hydrogen-bond acceptors (Lipinski definition) is 3. The van der Waals surface area contributed by atoms with Crippen LogP contribution in [0.2, 0.25) is 5.02 Å². The van der Waals surface area contributed by atoms with E-state index >= 15 is 0 Å². The Kier molecular flexibility index (Phi) is 3.91. The molecule has 0 bridgehead atoms. The van der Waals surface area contributed by atoms with Gasteiger partial charge in [-0.1, -0.05) is 11.6 Å². The molecule has 4 nitrogen and oxygen atoms in total. The molecule has 0 amide bonds. The van der Waals surface area contributed by atoms with Crippen LogP contribution in [0.4, 0.5) is 0 Å². The standard InChI is InChI=1S/C16H20ClN3O/c1-11-8-20(10-14-7-18-19(3)12(14)2)9-13-6-15(17)4-5-16(13)21-11/h4-7,11H,8-10H2,1-3H3. The Morgan fingerprint density at radius 3 is 2.95 bits per heavy atom. The predicted molar refractivity (Wildman–Crippen MR) is 83.6 cm³/mol. The molecule has 2 aromatic rings. The van der Waals surface area contributed by atoms with E-state index in [2.05, 4.69) is 23.8 Å². The Bertz CT molecular complexity index is 653. The number of halogens is 1. The third-order valence-electron chi connectivity index (χ3n) is 3.99. The van der Waals surface area contributed by atoms with Crippen LogP contribution in [-0.2, 0) is 20.1 Å². The highest BCUT2D eigenvalue weighted by molar-refractivity contribution is 6.30. The van der Waals surface area contributed by atoms with Crippen molar-refractivity contribution in [3.8, 4) is 5.75 Å². The minimum Gasteiger partial charge on any atom is -0.489 e. The Morgan fingerprint density at radius 1 is 1.43 bits per heavy atom. The van der Waals surface area contributed by atoms with E-state index < -0.39 is 0 Å². The second-order valence-electron chi connectivity index (χ2n) is 5.73. The molecule has 0 spiro atoms. The maximum absolute atomic E-state index is 6.12. The molecule has 1 aliphatic rings. The zero-order valence-corrected chi connectivity index (χ0v) is 13.4. The van der Waals surface area contributed by atoms with Gasteiger partial charge in [-0.15, -0.1) is 0 Å². The number of nitrogens with zero attached hydrogens (tertiary/aromatic N) is 3. The van der Waals surface area contributed by atoms with Gasteiger partial charge in [0.05, 0.1) is 6.20 Å². The van der Waals surface area contributed by atoms with Crippen LogP contribution < -0.4 is 4.74 Å². The number of aryl methyl sites for hydroxylation is 1. The molecular formula is C16H20ClN3O. The summed E-state index contributed by atoms with van der Waals surface area (Å²) in [6, 6.07) is 5.85. The first kappa shape index (κ1) is 14.4. The Labute approximate surface area is 130 Å². The van der Waals surface area contributed by atoms with E-state index in [1.807, 2.05) is 36.1 Å². The molecule has 21 heavy (non-hydrogen) atoms. The first-order valence-corrected chi connectivity index (χ1v) is 7.55. The van der Waals surface area contributed by atoms with Crippen LogP contribution in [0.25, 0.3) is 0 Å². The topological polar surface area (TPSA) is 30.3 Å². The molecule has 1 aliphatic heterocycles. The molecule has 0 N–H and O–H groups in total. The Balaban J connectivity index is 1.85. The minimum atomic E-state index is 0.157. The van der Waals surface area contributed by atoms with Gasteiger partial charge in [-0.25, -0.2) is 0 Å². The molecule has 0 aliphatic carbocycles. The van der Waals surface area contributed by atoms with Gasteiger partial charge in [-0.2, -0.15) is 5.10 Å². The highest BCUT2D eigenvalue weighted by Gasteiger charge is 2.21. The third-order valence-corrected chi connectivity index (χ3v) is 4.23. The number of hydrogen-bond donors (Lipinski definition) is 0. The van der Waals surface area contributed by atoms with E-state index in [9.17, 15) is 0 Å². The molecule has 0 saturated heterocycles. The number of fused-ring (bicyclic) bond motifs is 1. The van der Waals surface area contributed by atoms with E-state index in [0.29, 0.717) is 0 Å². The van der Waals surface area contributed by atoms with E-state index in [1.54, 1.807) is 0 Å². The molecule has 2 heterocycles. The van der Waals surface area contributed by atoms with Crippen molar-refractivity contribution in [2.24, 2.45) is 7.05 Å². The summed E-state index contributed by atoms with van der Waals surface area (Å²) in [5, 5.41) is 5.07. The molecule has 1 unspecified atom stereocenters. The van der Waals surface area contributed by atoms with Crippen LogP contribution in [0.15, 0.2) is 24.4 Å². The lowest BCUT2D eigenvalue weighted by Crippen LogP contribution is -2.30. The first-order chi connectivity index (χ1) is 10.0. The number of aromatic nitrogens is 2. The second kappa shape index (κ2) is 5.70. The SMILES string of the molecule is Cc1c(CN2Cc3cc(Cl)ccc3OC(C)C2)cnn1C. The van der Waals surface area contributed by atoms with Crippen molar-refractivity contribution >= 4 is 11.6 Å². The van der Waals surface area contributed by atoms with Gasteiger partial charge in [0.15, 0.2) is 0 Å². The van der Waals surface area contributed by atoms with Crippen LogP contribution in [0.5, 0.6) is 5.75 Å². The highest BCUT2D eigenvalue weighted by Crippen LogP contribution is 2.28. The van der Waals surface area contributed by atoms with Crippen molar-refractivity contribution < 1.29 is 4.74 Å². The average Bonchev–Trinajstić information content (AvgIpc) is 2.66. The summed E-state index contributed by atoms with van der Waals surface area (Å²) in [5.41, 5.74) is 3.61. The van der Waals surface area contributed by atoms with Gasteiger partial charge in [0.1, 0.15) is 11.9 Å². The smallest absolute Gasteiger partial charge is 0.124 e. The molecule has 0 radical (unpaired) electrons. The maximum atomic E-state index is 6.12. The highest BCUT2D eigenvalue weighted by atomic mass is 35.5. The van der Waals surface area contributed by atoms with Crippen LogP contribution in [0.3, 0.4) is 0 Å². The largest absolute Gasteiger partial charge is 0.489 e. The van der Waals surface area contributed by atoms with Crippen LogP contribution in [0, 0.1) is 6.92 Å². The van der Waals surface area contributed by atoms with Gasteiger partial charge < -0.3 is 4.74 Å². The van der Waals surface area contributed by atoms with Gasteiger partial charge >= 0.3 is 0 Å². The fourth-order valence-electron chi connectivity index (χ4n) is 2.77. The molecule has 1 aromatic heterocycles. The van der Waals surface area contributed by atoms with Gasteiger partial charge in [0.2, 0.25) is 0 Å². The van der Waals surface area contributed by atoms with Crippen LogP contribution >= 0.6 is 11.6 Å². The Hall–Kier alpha value is -1.52. The molecule has 5 heteroatoms. The van der Waals surface area contributed by atoms with E-state index in [-0.39, 0.29) is 6.10 Å². The average molecular weight is 306 g/mol. The molecule has 0 fully saturated rings. The summed E-state index contributed by atoms with van der Waals surface area (Å²) < 4.78 is 7.91. The number of benzene rings is 1. The van der Waals surface area contributed by atoms with Gasteiger partial charge in [-0.3, -0.25) is 9.58 Å². The fourth-order valence-corrected chi connectivity index (χ4v) is 2.97. The summed E-state index contributed by atoms with van der Waals surface area (Å²) in [6.45, 7) is 6.81. The van der Waals surface area contributed by atoms with E-state index in [0.717, 1.165) is 36.0 Å². The molecule has 1 atom stereocenters. The van der Waals surface area contributed by atoms with E-state index in [1.165, 1.54) is 11.3 Å². The number of rotatable bonds is 2. The quantitative estimate of drug-likeness (QED) is 0.854. The molecule has 1 aromatic carbocycles. The zero-order chi connectivity index (χ0) is 15.0. The lowest BCUT2D eigenvalue weighted by molar-refractivity contribution is 0.156. The normalized spacial score (nSPS) is 19.0. The van der Waals surface area contributed by atoms with Crippen LogP contribution in [0.1, 0.15) is 23.7 Å². The first-order valence-electron chi connectivity index (χ1n) is 7.18. The summed E-state index contributed by atoms with van der Waals surface area (Å²) in [5.74, 6) is 0.942. The van der Waals surface area contributed by atoms with Gasteiger partial charge in [0, 0.05) is 48.5 Å². The summed E-state index contributed by atoms with van der Waals surface area (Å²) in [7, 11) is 1.97. The van der Waals surface area contributed by atoms with Crippen molar-refractivity contribution in [3.05, 3.63) is 46.2 Å². The third kappa shape index (κ3) is 3.06. The summed E-state index contributed by atoms with van der Waals surface area (Å²) in [4.78, 5) is 2.39. The molecule has 112 valence electrons. The molecule has 0 saturated carbocycles. The van der Waals surface area contributed by atoms with Crippen molar-refractivity contribution in [2.75, 3.05) is 6.54 Å². The monoisotopic (exact) mass is 305 g/mol. The molecular weight excluding hydrogens is 286 g/mol. The summed E-state index contributed by atoms with van der Waals surface area (Å²) >= 11 is 6.12. The Morgan fingerprint density at radius 2 is 2.24 bits per heavy atom. The van der Waals surface area contributed by atoms with E-state index in [4.69, 9.17) is 16.3 Å². The fraction of sp³-hybridized carbons (Fsp3) is 0.438. The summed E-state index contributed by atoms with van der Waals surface area (Å²) in [6.07, 6.45) is 2.11. The van der Waals surface area contributed by atoms with Crippen molar-refractivity contribution in [1.29, 1.82) is 0 Å². The lowest BCUT2D eigenvalue weighted by Gasteiger charge is -2.21.